The number of hydrogen-bond donors (Lipinski definition) is 2. The molecule has 8 nitrogen and oxygen atoms in total. The van der Waals surface area contributed by atoms with Crippen molar-refractivity contribution in [1.29, 1.82) is 0 Å². The minimum absolute atomic E-state index is 0.165. The Bertz CT molecular complexity index is 826. The highest BCUT2D eigenvalue weighted by Crippen LogP contribution is 2.25. The van der Waals surface area contributed by atoms with Gasteiger partial charge in [0.2, 0.25) is 11.4 Å². The Balaban J connectivity index is 0.000000251. The molecule has 0 aliphatic heterocycles. The van der Waals surface area contributed by atoms with Gasteiger partial charge in [-0.2, -0.15) is 0 Å². The van der Waals surface area contributed by atoms with E-state index in [0.717, 1.165) is 0 Å². The van der Waals surface area contributed by atoms with Crippen LogP contribution in [0.3, 0.4) is 0 Å². The summed E-state index contributed by atoms with van der Waals surface area (Å²) in [7, 11) is 0. The molecule has 0 radical (unpaired) electrons. The zero-order valence-electron chi connectivity index (χ0n) is 13.6. The summed E-state index contributed by atoms with van der Waals surface area (Å²) in [5, 5.41) is 0.165. The molecule has 0 aromatic carbocycles. The van der Waals surface area contributed by atoms with Gasteiger partial charge in [-0.1, -0.05) is 11.6 Å². The van der Waals surface area contributed by atoms with Crippen molar-refractivity contribution in [2.24, 2.45) is 0 Å². The predicted molar refractivity (Wildman–Crippen MR) is 91.0 cm³/mol. The average molecular weight is 363 g/mol. The normalized spacial score (nSPS) is 9.16. The molecule has 0 bridgehead atoms. The zero-order valence-corrected chi connectivity index (χ0v) is 14.3. The van der Waals surface area contributed by atoms with E-state index >= 15 is 0 Å². The van der Waals surface area contributed by atoms with Crippen molar-refractivity contribution in [2.45, 2.75) is 13.8 Å². The Morgan fingerprint density at radius 2 is 1.68 bits per heavy atom. The molecule has 0 amide bonds. The first-order valence-corrected chi connectivity index (χ1v) is 7.50. The lowest BCUT2D eigenvalue weighted by atomic mass is 10.4. The van der Waals surface area contributed by atoms with Gasteiger partial charge in [-0.25, -0.2) is 19.3 Å². The van der Waals surface area contributed by atoms with Gasteiger partial charge in [0.15, 0.2) is 0 Å². The summed E-state index contributed by atoms with van der Waals surface area (Å²) in [6.07, 6.45) is 1.47. The Kier molecular flexibility index (Phi) is 7.77. The van der Waals surface area contributed by atoms with Gasteiger partial charge in [-0.15, -0.1) is 0 Å². The van der Waals surface area contributed by atoms with E-state index in [9.17, 15) is 9.59 Å². The first-order chi connectivity index (χ1) is 12.0. The van der Waals surface area contributed by atoms with Crippen LogP contribution in [0.5, 0.6) is 0 Å². The standard InChI is InChI=1S/C8H7ClN2O2.C8H8N2O2/c1-3-13-8(12)6-4-5(10-2)7(9)11-6;1-3-12-8(11)7-4-6(9-2)5-10-7/h4,11H,3H2,1H3;4-5,10H,3H2,1H3. The topological polar surface area (TPSA) is 92.9 Å². The van der Waals surface area contributed by atoms with Crippen molar-refractivity contribution < 1.29 is 19.1 Å². The molecule has 130 valence electrons. The molecule has 0 saturated heterocycles. The van der Waals surface area contributed by atoms with E-state index in [1.807, 2.05) is 0 Å². The lowest BCUT2D eigenvalue weighted by molar-refractivity contribution is 0.0511. The summed E-state index contributed by atoms with van der Waals surface area (Å²) in [5.74, 6) is -0.924. The number of nitrogens with one attached hydrogen (secondary N) is 2. The lowest BCUT2D eigenvalue weighted by Gasteiger charge is -1.96. The van der Waals surface area contributed by atoms with Crippen molar-refractivity contribution in [1.82, 2.24) is 9.97 Å². The summed E-state index contributed by atoms with van der Waals surface area (Å²) in [6, 6.07) is 2.83. The molecule has 25 heavy (non-hydrogen) atoms. The van der Waals surface area contributed by atoms with Crippen LogP contribution in [-0.4, -0.2) is 35.1 Å². The van der Waals surface area contributed by atoms with Gasteiger partial charge in [-0.05, 0) is 26.0 Å². The van der Waals surface area contributed by atoms with Crippen molar-refractivity contribution in [3.63, 3.8) is 0 Å². The number of hydrogen-bond acceptors (Lipinski definition) is 4. The van der Waals surface area contributed by atoms with E-state index in [4.69, 9.17) is 34.2 Å². The first kappa shape index (κ1) is 19.8. The van der Waals surface area contributed by atoms with E-state index in [1.54, 1.807) is 13.8 Å². The number of aromatic nitrogens is 2. The molecular weight excluding hydrogens is 348 g/mol. The van der Waals surface area contributed by atoms with Crippen LogP contribution in [0.15, 0.2) is 18.3 Å². The van der Waals surface area contributed by atoms with Gasteiger partial charge in [0, 0.05) is 6.20 Å². The first-order valence-electron chi connectivity index (χ1n) is 7.12. The number of rotatable bonds is 4. The molecule has 0 fully saturated rings. The van der Waals surface area contributed by atoms with Crippen LogP contribution in [0, 0.1) is 13.1 Å². The van der Waals surface area contributed by atoms with E-state index < -0.39 is 11.9 Å². The molecule has 0 spiro atoms. The Labute approximate surface area is 149 Å². The van der Waals surface area contributed by atoms with Gasteiger partial charge in [0.25, 0.3) is 0 Å². The Morgan fingerprint density at radius 1 is 1.08 bits per heavy atom. The minimum Gasteiger partial charge on any atom is -0.461 e. The summed E-state index contributed by atoms with van der Waals surface area (Å²) in [5.41, 5.74) is 1.17. The molecule has 9 heteroatoms. The predicted octanol–water partition coefficient (Wildman–Crippen LogP) is 4.14. The van der Waals surface area contributed by atoms with Crippen LogP contribution in [-0.2, 0) is 9.47 Å². The van der Waals surface area contributed by atoms with Crippen molar-refractivity contribution in [2.75, 3.05) is 13.2 Å². The zero-order chi connectivity index (χ0) is 18.8. The quantitative estimate of drug-likeness (QED) is 0.631. The van der Waals surface area contributed by atoms with Crippen molar-refractivity contribution in [3.05, 3.63) is 57.7 Å². The van der Waals surface area contributed by atoms with E-state index in [2.05, 4.69) is 19.7 Å². The molecule has 0 atom stereocenters. The second kappa shape index (κ2) is 9.81. The number of halogens is 1. The number of ether oxygens (including phenoxy) is 2. The molecule has 0 saturated carbocycles. The third-order valence-electron chi connectivity index (χ3n) is 2.66. The molecule has 2 aromatic heterocycles. The van der Waals surface area contributed by atoms with Gasteiger partial charge < -0.3 is 19.4 Å². The van der Waals surface area contributed by atoms with E-state index in [1.165, 1.54) is 18.3 Å². The summed E-state index contributed by atoms with van der Waals surface area (Å²) >= 11 is 5.61. The third kappa shape index (κ3) is 5.72. The van der Waals surface area contributed by atoms with Crippen LogP contribution >= 0.6 is 11.6 Å². The number of nitrogens with zero attached hydrogens (tertiary/aromatic N) is 2. The largest absolute Gasteiger partial charge is 0.461 e. The Hall–Kier alpha value is -3.23. The van der Waals surface area contributed by atoms with Crippen LogP contribution in [0.25, 0.3) is 9.69 Å². The smallest absolute Gasteiger partial charge is 0.353 e. The van der Waals surface area contributed by atoms with Crippen molar-refractivity contribution in [3.8, 4) is 0 Å². The number of aromatic amines is 2. The maximum absolute atomic E-state index is 11.1. The van der Waals surface area contributed by atoms with Gasteiger partial charge in [0.1, 0.15) is 16.5 Å². The molecule has 0 aliphatic carbocycles. The summed E-state index contributed by atoms with van der Waals surface area (Å²) in [4.78, 5) is 33.6. The van der Waals surface area contributed by atoms with Crippen LogP contribution < -0.4 is 0 Å². The molecule has 2 rings (SSSR count). The fourth-order valence-corrected chi connectivity index (χ4v) is 1.79. The molecular formula is C16H15ClN4O4. The van der Waals surface area contributed by atoms with Gasteiger partial charge in [-0.3, -0.25) is 0 Å². The van der Waals surface area contributed by atoms with Crippen LogP contribution in [0.2, 0.25) is 5.15 Å². The number of carbonyl (C=O) groups excluding carboxylic acids is 2. The molecule has 0 aliphatic rings. The number of carbonyl (C=O) groups is 2. The lowest BCUT2D eigenvalue weighted by Crippen LogP contribution is -2.04. The van der Waals surface area contributed by atoms with Gasteiger partial charge >= 0.3 is 11.9 Å². The van der Waals surface area contributed by atoms with E-state index in [-0.39, 0.29) is 16.5 Å². The van der Waals surface area contributed by atoms with Gasteiger partial charge in [0.05, 0.1) is 26.4 Å². The molecule has 2 heterocycles. The maximum Gasteiger partial charge on any atom is 0.353 e. The van der Waals surface area contributed by atoms with Crippen molar-refractivity contribution >= 4 is 34.9 Å². The van der Waals surface area contributed by atoms with Crippen LogP contribution in [0.4, 0.5) is 11.4 Å². The fourth-order valence-electron chi connectivity index (χ4n) is 1.59. The summed E-state index contributed by atoms with van der Waals surface area (Å²) < 4.78 is 9.42. The number of H-pyrrole nitrogens is 2. The third-order valence-corrected chi connectivity index (χ3v) is 2.95. The number of esters is 2. The molecule has 2 aromatic rings. The molecule has 2 N–H and O–H groups in total. The Morgan fingerprint density at radius 3 is 2.12 bits per heavy atom. The minimum atomic E-state index is -0.501. The maximum atomic E-state index is 11.1. The second-order valence-electron chi connectivity index (χ2n) is 4.32. The highest BCUT2D eigenvalue weighted by atomic mass is 35.5. The summed E-state index contributed by atoms with van der Waals surface area (Å²) in [6.45, 7) is 17.4. The van der Waals surface area contributed by atoms with E-state index in [0.29, 0.717) is 24.6 Å². The molecule has 0 unspecified atom stereocenters. The monoisotopic (exact) mass is 362 g/mol. The SMILES string of the molecule is [C-]#[N+]c1c[nH]c(C(=O)OCC)c1.[C-]#[N+]c1cc(C(=O)OCC)[nH]c1Cl. The second-order valence-corrected chi connectivity index (χ2v) is 4.70. The fraction of sp³-hybridized carbons (Fsp3) is 0.250. The van der Waals surface area contributed by atoms with Crippen LogP contribution in [0.1, 0.15) is 34.8 Å². The highest BCUT2D eigenvalue weighted by Gasteiger charge is 2.12. The highest BCUT2D eigenvalue weighted by molar-refractivity contribution is 6.32. The average Bonchev–Trinajstić information content (AvgIpc) is 3.22.